The first-order valence-corrected chi connectivity index (χ1v) is 7.55. The number of hydrogen-bond acceptors (Lipinski definition) is 3. The molecule has 4 nitrogen and oxygen atoms in total. The maximum atomic E-state index is 12.2. The molecule has 94 valence electrons. The molecule has 0 aliphatic carbocycles. The van der Waals surface area contributed by atoms with Gasteiger partial charge < -0.3 is 4.74 Å². The summed E-state index contributed by atoms with van der Waals surface area (Å²) >= 11 is 9.18. The van der Waals surface area contributed by atoms with Crippen molar-refractivity contribution in [3.63, 3.8) is 0 Å². The molecule has 0 spiro atoms. The minimum Gasteiger partial charge on any atom is -0.372 e. The van der Waals surface area contributed by atoms with Crippen molar-refractivity contribution in [2.45, 2.75) is 11.0 Å². The lowest BCUT2D eigenvalue weighted by atomic mass is 10.4. The van der Waals surface area contributed by atoms with Crippen molar-refractivity contribution in [2.75, 3.05) is 20.2 Å². The molecule has 1 aromatic rings. The number of hydrogen-bond donors (Lipinski definition) is 0. The highest BCUT2D eigenvalue weighted by molar-refractivity contribution is 9.10. The number of nitrogens with zero attached hydrogens (tertiary/aromatic N) is 1. The van der Waals surface area contributed by atoms with Crippen LogP contribution in [0.1, 0.15) is 0 Å². The molecule has 1 aromatic carbocycles. The molecular weight excluding hydrogens is 330 g/mol. The van der Waals surface area contributed by atoms with E-state index in [9.17, 15) is 8.42 Å². The monoisotopic (exact) mass is 339 g/mol. The largest absolute Gasteiger partial charge is 0.372 e. The van der Waals surface area contributed by atoms with E-state index in [0.717, 1.165) is 4.47 Å². The molecule has 0 amide bonds. The zero-order valence-electron chi connectivity index (χ0n) is 9.06. The predicted molar refractivity (Wildman–Crippen MR) is 68.7 cm³/mol. The highest BCUT2D eigenvalue weighted by Crippen LogP contribution is 2.27. The van der Waals surface area contributed by atoms with Crippen LogP contribution < -0.4 is 0 Å². The van der Waals surface area contributed by atoms with E-state index in [1.807, 2.05) is 0 Å². The van der Waals surface area contributed by atoms with Crippen LogP contribution in [0.2, 0.25) is 5.02 Å². The van der Waals surface area contributed by atoms with Crippen molar-refractivity contribution in [1.82, 2.24) is 4.31 Å². The summed E-state index contributed by atoms with van der Waals surface area (Å²) in [7, 11) is -2.02. The summed E-state index contributed by atoms with van der Waals surface area (Å²) in [6.07, 6.45) is 0.0176. The fourth-order valence-electron chi connectivity index (χ4n) is 1.41. The standard InChI is InChI=1S/C10H11BrClNO3S/c1-13(5-8-6-16-8)17(14,15)10-3-2-7(11)4-9(10)12/h2-4,8H,5-6H2,1H3. The first kappa shape index (κ1) is 13.3. The molecule has 7 heteroatoms. The van der Waals surface area contributed by atoms with Gasteiger partial charge in [0.05, 0.1) is 17.7 Å². The molecule has 0 bridgehead atoms. The van der Waals surface area contributed by atoms with Crippen LogP contribution >= 0.6 is 27.5 Å². The molecule has 0 aromatic heterocycles. The van der Waals surface area contributed by atoms with Crippen LogP contribution in [0.4, 0.5) is 0 Å². The van der Waals surface area contributed by atoms with Crippen LogP contribution in [0.3, 0.4) is 0 Å². The Morgan fingerprint density at radius 1 is 1.59 bits per heavy atom. The number of rotatable bonds is 4. The molecule has 0 saturated carbocycles. The summed E-state index contributed by atoms with van der Waals surface area (Å²) in [4.78, 5) is 0.116. The van der Waals surface area contributed by atoms with Crippen molar-refractivity contribution in [3.8, 4) is 0 Å². The summed E-state index contributed by atoms with van der Waals surface area (Å²) in [6, 6.07) is 4.71. The summed E-state index contributed by atoms with van der Waals surface area (Å²) in [5, 5.41) is 0.211. The maximum Gasteiger partial charge on any atom is 0.244 e. The molecule has 2 rings (SSSR count). The van der Waals surface area contributed by atoms with Crippen molar-refractivity contribution < 1.29 is 13.2 Å². The van der Waals surface area contributed by atoms with Gasteiger partial charge in [-0.05, 0) is 18.2 Å². The molecule has 1 unspecified atom stereocenters. The number of ether oxygens (including phenoxy) is 1. The third-order valence-electron chi connectivity index (χ3n) is 2.45. The van der Waals surface area contributed by atoms with Crippen molar-refractivity contribution >= 4 is 37.6 Å². The van der Waals surface area contributed by atoms with Crippen LogP contribution in [0, 0.1) is 0 Å². The van der Waals surface area contributed by atoms with E-state index in [2.05, 4.69) is 15.9 Å². The Bertz CT molecular complexity index is 530. The second-order valence-corrected chi connectivity index (χ2v) is 7.15. The summed E-state index contributed by atoms with van der Waals surface area (Å²) in [6.45, 7) is 0.975. The van der Waals surface area contributed by atoms with Gasteiger partial charge in [-0.1, -0.05) is 27.5 Å². The van der Waals surface area contributed by atoms with Crippen LogP contribution in [0.15, 0.2) is 27.6 Å². The fraction of sp³-hybridized carbons (Fsp3) is 0.400. The van der Waals surface area contributed by atoms with Gasteiger partial charge in [-0.25, -0.2) is 8.42 Å². The number of sulfonamides is 1. The minimum absolute atomic E-state index is 0.0176. The first-order valence-electron chi connectivity index (χ1n) is 4.94. The SMILES string of the molecule is CN(CC1CO1)S(=O)(=O)c1ccc(Br)cc1Cl. The Balaban J connectivity index is 2.29. The molecule has 1 saturated heterocycles. The van der Waals surface area contributed by atoms with Gasteiger partial charge in [0.2, 0.25) is 10.0 Å². The lowest BCUT2D eigenvalue weighted by molar-refractivity contribution is 0.359. The zero-order chi connectivity index (χ0) is 12.6. The maximum absolute atomic E-state index is 12.2. The van der Waals surface area contributed by atoms with Gasteiger partial charge in [-0.3, -0.25) is 0 Å². The van der Waals surface area contributed by atoms with Crippen molar-refractivity contribution in [3.05, 3.63) is 27.7 Å². The van der Waals surface area contributed by atoms with Gasteiger partial charge in [0.25, 0.3) is 0 Å². The molecule has 17 heavy (non-hydrogen) atoms. The fourth-order valence-corrected chi connectivity index (χ4v) is 3.62. The van der Waals surface area contributed by atoms with Gasteiger partial charge in [-0.15, -0.1) is 0 Å². The van der Waals surface area contributed by atoms with E-state index < -0.39 is 10.0 Å². The van der Waals surface area contributed by atoms with Crippen molar-refractivity contribution in [1.29, 1.82) is 0 Å². The Hall–Kier alpha value is -0.140. The number of likely N-dealkylation sites (N-methyl/N-ethyl adjacent to an activating group) is 1. The number of benzene rings is 1. The van der Waals surface area contributed by atoms with E-state index in [1.54, 1.807) is 12.1 Å². The van der Waals surface area contributed by atoms with E-state index >= 15 is 0 Å². The molecule has 0 radical (unpaired) electrons. The lowest BCUT2D eigenvalue weighted by Crippen LogP contribution is -2.30. The number of epoxide rings is 1. The van der Waals surface area contributed by atoms with Gasteiger partial charge in [0.1, 0.15) is 4.90 Å². The van der Waals surface area contributed by atoms with Gasteiger partial charge in [0.15, 0.2) is 0 Å². The van der Waals surface area contributed by atoms with Gasteiger partial charge in [-0.2, -0.15) is 4.31 Å². The van der Waals surface area contributed by atoms with Crippen molar-refractivity contribution in [2.24, 2.45) is 0 Å². The van der Waals surface area contributed by atoms with E-state index in [4.69, 9.17) is 16.3 Å². The van der Waals surface area contributed by atoms with E-state index in [1.165, 1.54) is 17.4 Å². The van der Waals surface area contributed by atoms with Crippen LogP contribution in [0.5, 0.6) is 0 Å². The Kier molecular flexibility index (Phi) is 3.80. The quantitative estimate of drug-likeness (QED) is 0.789. The molecule has 1 atom stereocenters. The Labute approximate surface area is 114 Å². The Morgan fingerprint density at radius 2 is 2.24 bits per heavy atom. The molecule has 0 N–H and O–H groups in total. The second kappa shape index (κ2) is 4.85. The first-order chi connectivity index (χ1) is 7.91. The summed E-state index contributed by atoms with van der Waals surface area (Å²) in [5.41, 5.74) is 0. The summed E-state index contributed by atoms with van der Waals surface area (Å²) < 4.78 is 31.4. The number of halogens is 2. The molecule has 1 aliphatic heterocycles. The summed E-state index contributed by atoms with van der Waals surface area (Å²) in [5.74, 6) is 0. The van der Waals surface area contributed by atoms with E-state index in [-0.39, 0.29) is 16.0 Å². The van der Waals surface area contributed by atoms with Crippen LogP contribution in [-0.4, -0.2) is 39.0 Å². The second-order valence-electron chi connectivity index (χ2n) is 3.82. The third kappa shape index (κ3) is 3.00. The highest BCUT2D eigenvalue weighted by Gasteiger charge is 2.31. The smallest absolute Gasteiger partial charge is 0.244 e. The normalized spacial score (nSPS) is 19.6. The zero-order valence-corrected chi connectivity index (χ0v) is 12.2. The minimum atomic E-state index is -3.54. The average Bonchev–Trinajstić information content (AvgIpc) is 3.00. The predicted octanol–water partition coefficient (Wildman–Crippen LogP) is 2.12. The topological polar surface area (TPSA) is 49.9 Å². The molecule has 1 fully saturated rings. The third-order valence-corrected chi connectivity index (χ3v) is 5.24. The Morgan fingerprint density at radius 3 is 2.76 bits per heavy atom. The van der Waals surface area contributed by atoms with Gasteiger partial charge in [0, 0.05) is 18.1 Å². The lowest BCUT2D eigenvalue weighted by Gasteiger charge is -2.16. The molecule has 1 heterocycles. The molecule has 1 aliphatic rings. The van der Waals surface area contributed by atoms with Crippen LogP contribution in [0.25, 0.3) is 0 Å². The molecular formula is C10H11BrClNO3S. The average molecular weight is 341 g/mol. The van der Waals surface area contributed by atoms with Gasteiger partial charge >= 0.3 is 0 Å². The highest BCUT2D eigenvalue weighted by atomic mass is 79.9. The van der Waals surface area contributed by atoms with E-state index in [0.29, 0.717) is 13.2 Å². The van der Waals surface area contributed by atoms with Crippen LogP contribution in [-0.2, 0) is 14.8 Å².